The van der Waals surface area contributed by atoms with Crippen molar-refractivity contribution in [2.45, 2.75) is 31.0 Å². The number of rotatable bonds is 6. The normalized spacial score (nSPS) is 17.0. The molecule has 2 aromatic carbocycles. The molecule has 1 fully saturated rings. The molecule has 0 aromatic heterocycles. The van der Waals surface area contributed by atoms with E-state index >= 15 is 0 Å². The molecule has 1 aliphatic heterocycles. The van der Waals surface area contributed by atoms with Gasteiger partial charge >= 0.3 is 11.8 Å². The molecule has 1 aliphatic rings. The quantitative estimate of drug-likeness (QED) is 0.611. The number of hydrogen-bond donors (Lipinski definition) is 2. The summed E-state index contributed by atoms with van der Waals surface area (Å²) in [5, 5.41) is 5.32. The number of nitrogens with zero attached hydrogens (tertiary/aromatic N) is 1. The molecule has 32 heavy (non-hydrogen) atoms. The van der Waals surface area contributed by atoms with E-state index in [1.165, 1.54) is 19.1 Å². The van der Waals surface area contributed by atoms with Gasteiger partial charge in [0, 0.05) is 18.1 Å². The fourth-order valence-electron chi connectivity index (χ4n) is 3.17. The first-order valence-electron chi connectivity index (χ1n) is 9.89. The summed E-state index contributed by atoms with van der Waals surface area (Å²) in [5.74, 6) is -2.32. The van der Waals surface area contributed by atoms with Gasteiger partial charge in [0.25, 0.3) is 0 Å². The van der Waals surface area contributed by atoms with Gasteiger partial charge < -0.3 is 15.4 Å². The number of hydrogen-bond acceptors (Lipinski definition) is 5. The maximum atomic E-state index is 13.6. The molecule has 0 aliphatic carbocycles. The second kappa shape index (κ2) is 10.4. The van der Waals surface area contributed by atoms with Crippen molar-refractivity contribution in [1.29, 1.82) is 0 Å². The predicted molar refractivity (Wildman–Crippen MR) is 116 cm³/mol. The molecular weight excluding hydrogens is 461 g/mol. The lowest BCUT2D eigenvalue weighted by Gasteiger charge is -2.34. The highest BCUT2D eigenvalue weighted by Gasteiger charge is 2.35. The summed E-state index contributed by atoms with van der Waals surface area (Å²) < 4.78 is 46.3. The summed E-state index contributed by atoms with van der Waals surface area (Å²) in [6.07, 6.45) is -0.540. The fraction of sp³-hybridized carbons (Fsp3) is 0.333. The van der Waals surface area contributed by atoms with Crippen LogP contribution in [-0.2, 0) is 30.9 Å². The van der Waals surface area contributed by atoms with Crippen LogP contribution in [0.25, 0.3) is 0 Å². The zero-order chi connectivity index (χ0) is 23.3. The van der Waals surface area contributed by atoms with Gasteiger partial charge in [0.2, 0.25) is 10.0 Å². The maximum absolute atomic E-state index is 13.6. The van der Waals surface area contributed by atoms with Crippen LogP contribution in [0.4, 0.5) is 4.39 Å². The third-order valence-electron chi connectivity index (χ3n) is 4.93. The Balaban J connectivity index is 1.62. The van der Waals surface area contributed by atoms with Crippen LogP contribution in [0.15, 0.2) is 47.4 Å². The van der Waals surface area contributed by atoms with Gasteiger partial charge in [-0.15, -0.1) is 0 Å². The molecule has 2 aromatic rings. The van der Waals surface area contributed by atoms with Crippen molar-refractivity contribution in [1.82, 2.24) is 14.9 Å². The predicted octanol–water partition coefficient (Wildman–Crippen LogP) is 1.96. The van der Waals surface area contributed by atoms with Crippen LogP contribution in [0, 0.1) is 12.7 Å². The summed E-state index contributed by atoms with van der Waals surface area (Å²) in [6.45, 7) is 1.78. The summed E-state index contributed by atoms with van der Waals surface area (Å²) in [5.41, 5.74) is 0.849. The Morgan fingerprint density at radius 1 is 1.19 bits per heavy atom. The Labute approximate surface area is 190 Å². The van der Waals surface area contributed by atoms with E-state index < -0.39 is 33.9 Å². The zero-order valence-electron chi connectivity index (χ0n) is 17.3. The fourth-order valence-corrected chi connectivity index (χ4v) is 5.03. The number of nitrogens with one attached hydrogen (secondary N) is 2. The minimum atomic E-state index is -3.99. The molecule has 3 rings (SSSR count). The van der Waals surface area contributed by atoms with E-state index in [1.807, 2.05) is 0 Å². The van der Waals surface area contributed by atoms with Crippen molar-refractivity contribution in [2.75, 3.05) is 19.7 Å². The van der Waals surface area contributed by atoms with Crippen molar-refractivity contribution >= 4 is 33.4 Å². The second-order valence-electron chi connectivity index (χ2n) is 7.19. The SMILES string of the molecule is Cc1cc(S(=O)(=O)N2CCCO[C@@H]2CNC(=O)C(=O)NCc2ccccc2Cl)ccc1F. The van der Waals surface area contributed by atoms with Crippen LogP contribution in [0.3, 0.4) is 0 Å². The largest absolute Gasteiger partial charge is 0.360 e. The van der Waals surface area contributed by atoms with E-state index in [2.05, 4.69) is 10.6 Å². The minimum Gasteiger partial charge on any atom is -0.360 e. The van der Waals surface area contributed by atoms with E-state index in [1.54, 1.807) is 24.3 Å². The molecule has 0 saturated carbocycles. The Bertz CT molecular complexity index is 1110. The molecule has 0 spiro atoms. The number of halogens is 2. The number of aryl methyl sites for hydroxylation is 1. The van der Waals surface area contributed by atoms with Crippen molar-refractivity contribution in [3.63, 3.8) is 0 Å². The highest BCUT2D eigenvalue weighted by molar-refractivity contribution is 7.89. The van der Waals surface area contributed by atoms with Crippen LogP contribution in [0.5, 0.6) is 0 Å². The van der Waals surface area contributed by atoms with Gasteiger partial charge in [0.1, 0.15) is 12.0 Å². The smallest absolute Gasteiger partial charge is 0.309 e. The van der Waals surface area contributed by atoms with Gasteiger partial charge in [-0.2, -0.15) is 4.31 Å². The van der Waals surface area contributed by atoms with Gasteiger partial charge in [0.05, 0.1) is 18.0 Å². The van der Waals surface area contributed by atoms with Crippen LogP contribution < -0.4 is 10.6 Å². The molecule has 11 heteroatoms. The maximum Gasteiger partial charge on any atom is 0.309 e. The van der Waals surface area contributed by atoms with Gasteiger partial charge in [-0.1, -0.05) is 29.8 Å². The van der Waals surface area contributed by atoms with Crippen LogP contribution >= 0.6 is 11.6 Å². The molecule has 0 unspecified atom stereocenters. The Morgan fingerprint density at radius 2 is 1.91 bits per heavy atom. The Morgan fingerprint density at radius 3 is 2.62 bits per heavy atom. The zero-order valence-corrected chi connectivity index (χ0v) is 18.9. The van der Waals surface area contributed by atoms with Gasteiger partial charge in [0.15, 0.2) is 0 Å². The molecule has 0 radical (unpaired) electrons. The standard InChI is InChI=1S/C21H23ClFN3O5S/c1-14-11-16(7-8-18(14)23)32(29,30)26-9-4-10-31-19(26)13-25-21(28)20(27)24-12-15-5-2-3-6-17(15)22/h2-3,5-8,11,19H,4,9-10,12-13H2,1H3,(H,24,27)(H,25,28)/t19-/m1/s1. The second-order valence-corrected chi connectivity index (χ2v) is 9.49. The first-order valence-corrected chi connectivity index (χ1v) is 11.7. The van der Waals surface area contributed by atoms with Crippen molar-refractivity contribution in [3.05, 3.63) is 64.4 Å². The van der Waals surface area contributed by atoms with E-state index in [0.29, 0.717) is 23.6 Å². The van der Waals surface area contributed by atoms with Crippen LogP contribution in [-0.4, -0.2) is 50.5 Å². The number of amides is 2. The van der Waals surface area contributed by atoms with Crippen molar-refractivity contribution in [3.8, 4) is 0 Å². The third kappa shape index (κ3) is 5.63. The van der Waals surface area contributed by atoms with Gasteiger partial charge in [-0.05, 0) is 48.7 Å². The molecule has 0 bridgehead atoms. The number of carbonyl (C=O) groups is 2. The average Bonchev–Trinajstić information content (AvgIpc) is 2.78. The first-order chi connectivity index (χ1) is 15.2. The Hall–Kier alpha value is -2.53. The lowest BCUT2D eigenvalue weighted by Crippen LogP contribution is -2.53. The summed E-state index contributed by atoms with van der Waals surface area (Å²) in [7, 11) is -3.99. The van der Waals surface area contributed by atoms with Gasteiger partial charge in [-0.3, -0.25) is 9.59 Å². The monoisotopic (exact) mass is 483 g/mol. The topological polar surface area (TPSA) is 105 Å². The first kappa shape index (κ1) is 24.1. The summed E-state index contributed by atoms with van der Waals surface area (Å²) >= 11 is 6.03. The number of sulfonamides is 1. The summed E-state index contributed by atoms with van der Waals surface area (Å²) in [6, 6.07) is 10.4. The Kier molecular flexibility index (Phi) is 7.83. The van der Waals surface area contributed by atoms with Gasteiger partial charge in [-0.25, -0.2) is 12.8 Å². The lowest BCUT2D eigenvalue weighted by atomic mass is 10.2. The third-order valence-corrected chi connectivity index (χ3v) is 7.18. The van der Waals surface area contributed by atoms with E-state index in [0.717, 1.165) is 10.4 Å². The molecule has 1 atom stereocenters. The molecule has 2 amide bonds. The number of carbonyl (C=O) groups excluding carboxylic acids is 2. The molecule has 8 nitrogen and oxygen atoms in total. The van der Waals surface area contributed by atoms with E-state index in [4.69, 9.17) is 16.3 Å². The van der Waals surface area contributed by atoms with Crippen LogP contribution in [0.1, 0.15) is 17.5 Å². The van der Waals surface area contributed by atoms with E-state index in [-0.39, 0.29) is 30.1 Å². The number of benzene rings is 2. The highest BCUT2D eigenvalue weighted by atomic mass is 35.5. The highest BCUT2D eigenvalue weighted by Crippen LogP contribution is 2.23. The lowest BCUT2D eigenvalue weighted by molar-refractivity contribution is -0.140. The molecule has 1 heterocycles. The van der Waals surface area contributed by atoms with Crippen molar-refractivity contribution < 1.29 is 27.1 Å². The molecular formula is C21H23ClFN3O5S. The number of ether oxygens (including phenoxy) is 1. The van der Waals surface area contributed by atoms with Crippen LogP contribution in [0.2, 0.25) is 5.02 Å². The minimum absolute atomic E-state index is 0.0658. The average molecular weight is 484 g/mol. The molecule has 172 valence electrons. The van der Waals surface area contributed by atoms with E-state index in [9.17, 15) is 22.4 Å². The molecule has 1 saturated heterocycles. The summed E-state index contributed by atoms with van der Waals surface area (Å²) in [4.78, 5) is 24.2. The molecule has 2 N–H and O–H groups in total. The van der Waals surface area contributed by atoms with Crippen molar-refractivity contribution in [2.24, 2.45) is 0 Å².